The number of sulfonamides is 1. The summed E-state index contributed by atoms with van der Waals surface area (Å²) in [5, 5.41) is 8.20. The van der Waals surface area contributed by atoms with E-state index in [1.807, 2.05) is 0 Å². The van der Waals surface area contributed by atoms with Gasteiger partial charge in [0.25, 0.3) is 5.91 Å². The summed E-state index contributed by atoms with van der Waals surface area (Å²) in [5.41, 5.74) is 3.74. The average molecular weight is 419 g/mol. The molecule has 9 nitrogen and oxygen atoms in total. The van der Waals surface area contributed by atoms with Gasteiger partial charge < -0.3 is 0 Å². The second-order valence-corrected chi connectivity index (χ2v) is 7.24. The highest BCUT2D eigenvalue weighted by Crippen LogP contribution is 2.27. The molecule has 1 aromatic heterocycles. The lowest BCUT2D eigenvalue weighted by Crippen LogP contribution is -2.43. The van der Waals surface area contributed by atoms with Gasteiger partial charge in [-0.2, -0.15) is 18.3 Å². The van der Waals surface area contributed by atoms with E-state index in [1.165, 1.54) is 24.3 Å². The Bertz CT molecular complexity index is 955. The SMILES string of the molecule is NS(=O)(=O)c1ccc(CCC(=O)NNC(=O)Cn2ccc(C(F)(F)F)n2)cc1. The van der Waals surface area contributed by atoms with Crippen LogP contribution in [0.3, 0.4) is 0 Å². The number of aromatic nitrogens is 2. The summed E-state index contributed by atoms with van der Waals surface area (Å²) in [4.78, 5) is 23.3. The van der Waals surface area contributed by atoms with Crippen molar-refractivity contribution in [2.75, 3.05) is 0 Å². The zero-order valence-corrected chi connectivity index (χ0v) is 15.0. The number of hydrazine groups is 1. The van der Waals surface area contributed by atoms with Gasteiger partial charge in [0.15, 0.2) is 5.69 Å². The minimum Gasteiger partial charge on any atom is -0.273 e. The molecule has 0 atom stereocenters. The first-order chi connectivity index (χ1) is 12.9. The number of carbonyl (C=O) groups is 2. The van der Waals surface area contributed by atoms with Gasteiger partial charge in [-0.25, -0.2) is 13.6 Å². The average Bonchev–Trinajstić information content (AvgIpc) is 3.06. The molecule has 2 amide bonds. The van der Waals surface area contributed by atoms with Crippen LogP contribution in [0.1, 0.15) is 17.7 Å². The number of halogens is 3. The molecule has 28 heavy (non-hydrogen) atoms. The Hall–Kier alpha value is -2.93. The number of hydrogen-bond donors (Lipinski definition) is 3. The molecule has 1 heterocycles. The first kappa shape index (κ1) is 21.4. The highest BCUT2D eigenvalue weighted by molar-refractivity contribution is 7.89. The lowest BCUT2D eigenvalue weighted by atomic mass is 10.1. The molecule has 13 heteroatoms. The fourth-order valence-electron chi connectivity index (χ4n) is 2.09. The lowest BCUT2D eigenvalue weighted by molar-refractivity contribution is -0.141. The maximum atomic E-state index is 12.4. The zero-order valence-electron chi connectivity index (χ0n) is 14.2. The predicted molar refractivity (Wildman–Crippen MR) is 89.7 cm³/mol. The van der Waals surface area contributed by atoms with Crippen molar-refractivity contribution in [2.24, 2.45) is 5.14 Å². The van der Waals surface area contributed by atoms with Crippen molar-refractivity contribution in [3.63, 3.8) is 0 Å². The van der Waals surface area contributed by atoms with Crippen molar-refractivity contribution in [3.05, 3.63) is 47.8 Å². The molecule has 1 aromatic carbocycles. The Kier molecular flexibility index (Phi) is 6.41. The van der Waals surface area contributed by atoms with Gasteiger partial charge in [-0.05, 0) is 30.2 Å². The van der Waals surface area contributed by atoms with E-state index in [0.29, 0.717) is 5.56 Å². The molecule has 0 aliphatic heterocycles. The van der Waals surface area contributed by atoms with E-state index in [9.17, 15) is 31.2 Å². The standard InChI is InChI=1S/C15H16F3N5O4S/c16-15(17,18)12-7-8-23(22-12)9-14(25)21-20-13(24)6-3-10-1-4-11(5-2-10)28(19,26)27/h1-2,4-5,7-8H,3,6,9H2,(H,20,24)(H,21,25)(H2,19,26,27). The molecule has 4 N–H and O–H groups in total. The van der Waals surface area contributed by atoms with Gasteiger partial charge in [-0.15, -0.1) is 0 Å². The smallest absolute Gasteiger partial charge is 0.273 e. The number of carbonyl (C=O) groups excluding carboxylic acids is 2. The fourth-order valence-corrected chi connectivity index (χ4v) is 2.61. The molecule has 152 valence electrons. The molecule has 0 aliphatic carbocycles. The molecule has 0 unspecified atom stereocenters. The molecule has 2 aromatic rings. The molecule has 0 spiro atoms. The van der Waals surface area contributed by atoms with Crippen LogP contribution in [0.5, 0.6) is 0 Å². The highest BCUT2D eigenvalue weighted by atomic mass is 32.2. The normalized spacial score (nSPS) is 11.9. The molecule has 0 saturated heterocycles. The number of aryl methyl sites for hydroxylation is 1. The molecule has 0 fully saturated rings. The molecular formula is C15H16F3N5O4S. The quantitative estimate of drug-likeness (QED) is 0.580. The number of benzene rings is 1. The Morgan fingerprint density at radius 3 is 2.21 bits per heavy atom. The highest BCUT2D eigenvalue weighted by Gasteiger charge is 2.33. The van der Waals surface area contributed by atoms with Crippen LogP contribution in [0.2, 0.25) is 0 Å². The van der Waals surface area contributed by atoms with E-state index >= 15 is 0 Å². The van der Waals surface area contributed by atoms with Gasteiger partial charge in [0.2, 0.25) is 15.9 Å². The minimum atomic E-state index is -4.61. The molecule has 0 aliphatic rings. The number of nitrogens with two attached hydrogens (primary N) is 1. The molecule has 0 bridgehead atoms. The zero-order chi connectivity index (χ0) is 20.9. The number of rotatable bonds is 6. The third-order valence-electron chi connectivity index (χ3n) is 3.47. The molecular weight excluding hydrogens is 403 g/mol. The minimum absolute atomic E-state index is 0.0189. The third kappa shape index (κ3) is 6.35. The van der Waals surface area contributed by atoms with Crippen molar-refractivity contribution >= 4 is 21.8 Å². The number of hydrogen-bond acceptors (Lipinski definition) is 5. The van der Waals surface area contributed by atoms with E-state index in [0.717, 1.165) is 16.9 Å². The van der Waals surface area contributed by atoms with Gasteiger partial charge in [0.05, 0.1) is 4.90 Å². The summed E-state index contributed by atoms with van der Waals surface area (Å²) < 4.78 is 60.4. The van der Waals surface area contributed by atoms with E-state index in [2.05, 4.69) is 16.0 Å². The maximum absolute atomic E-state index is 12.4. The Balaban J connectivity index is 1.76. The Labute approximate surface area is 157 Å². The lowest BCUT2D eigenvalue weighted by Gasteiger charge is -2.08. The van der Waals surface area contributed by atoms with Crippen LogP contribution in [0.15, 0.2) is 41.4 Å². The van der Waals surface area contributed by atoms with Gasteiger partial charge in [-0.3, -0.25) is 25.1 Å². The van der Waals surface area contributed by atoms with Crippen LogP contribution in [0, 0.1) is 0 Å². The predicted octanol–water partition coefficient (Wildman–Crippen LogP) is 0.330. The summed E-state index contributed by atoms with van der Waals surface area (Å²) in [6.45, 7) is -0.509. The monoisotopic (exact) mass is 419 g/mol. The number of nitrogens with zero attached hydrogens (tertiary/aromatic N) is 2. The molecule has 0 saturated carbocycles. The topological polar surface area (TPSA) is 136 Å². The van der Waals surface area contributed by atoms with Crippen LogP contribution >= 0.6 is 0 Å². The van der Waals surface area contributed by atoms with Gasteiger partial charge in [0, 0.05) is 12.6 Å². The Morgan fingerprint density at radius 2 is 1.68 bits per heavy atom. The number of amides is 2. The van der Waals surface area contributed by atoms with Gasteiger partial charge in [-0.1, -0.05) is 12.1 Å². The van der Waals surface area contributed by atoms with E-state index in [-0.39, 0.29) is 17.7 Å². The Morgan fingerprint density at radius 1 is 1.07 bits per heavy atom. The van der Waals surface area contributed by atoms with E-state index in [4.69, 9.17) is 5.14 Å². The largest absolute Gasteiger partial charge is 0.435 e. The third-order valence-corrected chi connectivity index (χ3v) is 4.40. The van der Waals surface area contributed by atoms with E-state index in [1.54, 1.807) is 0 Å². The second kappa shape index (κ2) is 8.39. The van der Waals surface area contributed by atoms with Crippen LogP contribution in [-0.4, -0.2) is 30.0 Å². The van der Waals surface area contributed by atoms with Crippen molar-refractivity contribution in [2.45, 2.75) is 30.5 Å². The fraction of sp³-hybridized carbons (Fsp3) is 0.267. The van der Waals surface area contributed by atoms with Crippen LogP contribution < -0.4 is 16.0 Å². The van der Waals surface area contributed by atoms with Crippen LogP contribution in [0.4, 0.5) is 13.2 Å². The van der Waals surface area contributed by atoms with Crippen molar-refractivity contribution in [1.29, 1.82) is 0 Å². The van der Waals surface area contributed by atoms with E-state index < -0.39 is 40.3 Å². The van der Waals surface area contributed by atoms with Crippen molar-refractivity contribution in [3.8, 4) is 0 Å². The maximum Gasteiger partial charge on any atom is 0.435 e. The first-order valence-corrected chi connectivity index (χ1v) is 9.30. The molecule has 2 rings (SSSR count). The summed E-state index contributed by atoms with van der Waals surface area (Å²) >= 11 is 0. The molecule has 0 radical (unpaired) electrons. The number of primary sulfonamides is 1. The number of nitrogens with one attached hydrogen (secondary N) is 2. The summed E-state index contributed by atoms with van der Waals surface area (Å²) in [6.07, 6.45) is -3.37. The van der Waals surface area contributed by atoms with Gasteiger partial charge in [0.1, 0.15) is 6.54 Å². The van der Waals surface area contributed by atoms with Crippen molar-refractivity contribution in [1.82, 2.24) is 20.6 Å². The summed E-state index contributed by atoms with van der Waals surface area (Å²) in [6, 6.07) is 6.35. The van der Waals surface area contributed by atoms with Crippen molar-refractivity contribution < 1.29 is 31.2 Å². The van der Waals surface area contributed by atoms with Crippen LogP contribution in [-0.2, 0) is 38.8 Å². The number of alkyl halides is 3. The van der Waals surface area contributed by atoms with Crippen LogP contribution in [0.25, 0.3) is 0 Å². The van der Waals surface area contributed by atoms with Gasteiger partial charge >= 0.3 is 6.18 Å². The summed E-state index contributed by atoms with van der Waals surface area (Å²) in [5.74, 6) is -1.30. The second-order valence-electron chi connectivity index (χ2n) is 5.68. The summed E-state index contributed by atoms with van der Waals surface area (Å²) in [7, 11) is -3.80. The first-order valence-electron chi connectivity index (χ1n) is 7.75.